The Kier molecular flexibility index (Phi) is 5.15. The van der Waals surface area contributed by atoms with Gasteiger partial charge in [0.25, 0.3) is 0 Å². The molecule has 0 spiro atoms. The third-order valence-corrected chi connectivity index (χ3v) is 6.98. The van der Waals surface area contributed by atoms with Gasteiger partial charge in [-0.2, -0.15) is 4.31 Å². The summed E-state index contributed by atoms with van der Waals surface area (Å²) in [5, 5.41) is 3.28. The zero-order chi connectivity index (χ0) is 17.3. The topological polar surface area (TPSA) is 69.7 Å². The Morgan fingerprint density at radius 1 is 1.29 bits per heavy atom. The number of nitrogens with zero attached hydrogens (tertiary/aromatic N) is 2. The minimum absolute atomic E-state index is 0.0408. The van der Waals surface area contributed by atoms with Crippen molar-refractivity contribution >= 4 is 27.5 Å². The van der Waals surface area contributed by atoms with Crippen LogP contribution in [0.1, 0.15) is 18.4 Å². The fraction of sp³-hybridized carbons (Fsp3) is 0.562. The maximum atomic E-state index is 13.0. The lowest BCUT2D eigenvalue weighted by molar-refractivity contribution is -0.135. The van der Waals surface area contributed by atoms with Crippen LogP contribution in [-0.4, -0.2) is 62.3 Å². The van der Waals surface area contributed by atoms with Gasteiger partial charge < -0.3 is 10.2 Å². The van der Waals surface area contributed by atoms with Crippen molar-refractivity contribution in [1.82, 2.24) is 14.5 Å². The monoisotopic (exact) mass is 371 g/mol. The highest BCUT2D eigenvalue weighted by molar-refractivity contribution is 7.89. The van der Waals surface area contributed by atoms with E-state index in [0.29, 0.717) is 26.2 Å². The molecule has 0 saturated carbocycles. The van der Waals surface area contributed by atoms with E-state index in [9.17, 15) is 13.2 Å². The number of hydrogen-bond acceptors (Lipinski definition) is 4. The number of piperidine rings is 1. The molecule has 132 valence electrons. The number of carbonyl (C=O) groups excluding carboxylic acids is 1. The Morgan fingerprint density at radius 2 is 2.08 bits per heavy atom. The van der Waals surface area contributed by atoms with Crippen LogP contribution in [0, 0.1) is 6.92 Å². The second-order valence-electron chi connectivity index (χ2n) is 6.36. The number of carbonyl (C=O) groups is 1. The number of aryl methyl sites for hydroxylation is 1. The fourth-order valence-electron chi connectivity index (χ4n) is 3.35. The summed E-state index contributed by atoms with van der Waals surface area (Å²) in [5.74, 6) is 0.0408. The molecule has 0 aliphatic carbocycles. The van der Waals surface area contributed by atoms with E-state index in [4.69, 9.17) is 11.6 Å². The summed E-state index contributed by atoms with van der Waals surface area (Å²) in [7, 11) is -3.66. The van der Waals surface area contributed by atoms with Crippen LogP contribution >= 0.6 is 11.6 Å². The maximum Gasteiger partial charge on any atom is 0.244 e. The van der Waals surface area contributed by atoms with E-state index in [1.54, 1.807) is 18.2 Å². The lowest BCUT2D eigenvalue weighted by Gasteiger charge is -2.40. The molecule has 1 amide bonds. The summed E-state index contributed by atoms with van der Waals surface area (Å²) in [6, 6.07) is 4.95. The van der Waals surface area contributed by atoms with Gasteiger partial charge in [-0.05, 0) is 37.5 Å². The Balaban J connectivity index is 1.83. The Hall–Kier alpha value is -1.15. The summed E-state index contributed by atoms with van der Waals surface area (Å²) >= 11 is 6.13. The fourth-order valence-corrected chi connectivity index (χ4v) is 5.42. The number of rotatable bonds is 3. The maximum absolute atomic E-state index is 13.0. The van der Waals surface area contributed by atoms with Gasteiger partial charge in [0, 0.05) is 32.2 Å². The van der Waals surface area contributed by atoms with Gasteiger partial charge in [-0.3, -0.25) is 4.79 Å². The number of hydrogen-bond donors (Lipinski definition) is 1. The Morgan fingerprint density at radius 3 is 2.83 bits per heavy atom. The van der Waals surface area contributed by atoms with Crippen molar-refractivity contribution in [3.8, 4) is 0 Å². The molecule has 2 aliphatic heterocycles. The molecule has 1 unspecified atom stereocenters. The lowest BCUT2D eigenvalue weighted by Crippen LogP contribution is -2.57. The van der Waals surface area contributed by atoms with Crippen molar-refractivity contribution in [2.24, 2.45) is 0 Å². The summed E-state index contributed by atoms with van der Waals surface area (Å²) in [6.07, 6.45) is 1.57. The van der Waals surface area contributed by atoms with Gasteiger partial charge in [-0.1, -0.05) is 17.7 Å². The number of piperazine rings is 1. The van der Waals surface area contributed by atoms with E-state index >= 15 is 0 Å². The molecule has 2 aliphatic rings. The number of amides is 1. The van der Waals surface area contributed by atoms with Gasteiger partial charge in [0.15, 0.2) is 0 Å². The standard InChI is InChI=1S/C16H22ClN3O3S/c1-12-4-5-14(17)15(9-12)24(22,23)19-7-2-3-13(11-19)20-8-6-18-10-16(20)21/h4-5,9,13,18H,2-3,6-8,10-11H2,1H3. The quantitative estimate of drug-likeness (QED) is 0.867. The van der Waals surface area contributed by atoms with Crippen LogP contribution in [0.5, 0.6) is 0 Å². The number of benzene rings is 1. The minimum atomic E-state index is -3.66. The van der Waals surface area contributed by atoms with Gasteiger partial charge in [0.2, 0.25) is 15.9 Å². The number of halogens is 1. The molecule has 24 heavy (non-hydrogen) atoms. The molecule has 8 heteroatoms. The third kappa shape index (κ3) is 3.44. The third-order valence-electron chi connectivity index (χ3n) is 4.63. The molecule has 2 fully saturated rings. The van der Waals surface area contributed by atoms with Gasteiger partial charge in [-0.15, -0.1) is 0 Å². The zero-order valence-electron chi connectivity index (χ0n) is 13.7. The molecule has 1 aromatic carbocycles. The van der Waals surface area contributed by atoms with Gasteiger partial charge in [0.05, 0.1) is 11.6 Å². The van der Waals surface area contributed by atoms with Crippen LogP contribution in [0.25, 0.3) is 0 Å². The van der Waals surface area contributed by atoms with Crippen molar-refractivity contribution in [2.75, 3.05) is 32.7 Å². The molecule has 1 N–H and O–H groups in total. The molecule has 2 saturated heterocycles. The van der Waals surface area contributed by atoms with Crippen LogP contribution in [0.3, 0.4) is 0 Å². The normalized spacial score (nSPS) is 23.5. The van der Waals surface area contributed by atoms with E-state index in [1.807, 2.05) is 11.8 Å². The van der Waals surface area contributed by atoms with E-state index in [0.717, 1.165) is 24.9 Å². The second-order valence-corrected chi connectivity index (χ2v) is 8.67. The SMILES string of the molecule is Cc1ccc(Cl)c(S(=O)(=O)N2CCCC(N3CCNCC3=O)C2)c1. The van der Waals surface area contributed by atoms with Crippen LogP contribution in [-0.2, 0) is 14.8 Å². The highest BCUT2D eigenvalue weighted by Gasteiger charge is 2.35. The van der Waals surface area contributed by atoms with Gasteiger partial charge in [-0.25, -0.2) is 8.42 Å². The zero-order valence-corrected chi connectivity index (χ0v) is 15.2. The summed E-state index contributed by atoms with van der Waals surface area (Å²) in [5.41, 5.74) is 0.851. The van der Waals surface area contributed by atoms with Gasteiger partial charge >= 0.3 is 0 Å². The first kappa shape index (κ1) is 17.7. The summed E-state index contributed by atoms with van der Waals surface area (Å²) in [4.78, 5) is 14.1. The van der Waals surface area contributed by atoms with Crippen LogP contribution < -0.4 is 5.32 Å². The predicted molar refractivity (Wildman–Crippen MR) is 92.6 cm³/mol. The Labute approximate surface area is 147 Å². The van der Waals surface area contributed by atoms with Crippen molar-refractivity contribution in [3.63, 3.8) is 0 Å². The molecular weight excluding hydrogens is 350 g/mol. The molecule has 0 radical (unpaired) electrons. The molecule has 0 aromatic heterocycles. The van der Waals surface area contributed by atoms with Crippen molar-refractivity contribution in [2.45, 2.75) is 30.7 Å². The lowest BCUT2D eigenvalue weighted by atomic mass is 10.1. The summed E-state index contributed by atoms with van der Waals surface area (Å²) in [6.45, 7) is 4.34. The van der Waals surface area contributed by atoms with Crippen molar-refractivity contribution < 1.29 is 13.2 Å². The van der Waals surface area contributed by atoms with Gasteiger partial charge in [0.1, 0.15) is 4.90 Å². The first-order valence-electron chi connectivity index (χ1n) is 8.16. The second kappa shape index (κ2) is 7.00. The van der Waals surface area contributed by atoms with Crippen molar-refractivity contribution in [1.29, 1.82) is 0 Å². The van der Waals surface area contributed by atoms with E-state index in [1.165, 1.54) is 4.31 Å². The Bertz CT molecular complexity index is 738. The van der Waals surface area contributed by atoms with E-state index in [-0.39, 0.29) is 21.9 Å². The predicted octanol–water partition coefficient (Wildman–Crippen LogP) is 1.23. The smallest absolute Gasteiger partial charge is 0.244 e. The van der Waals surface area contributed by atoms with Crippen LogP contribution in [0.2, 0.25) is 5.02 Å². The first-order valence-corrected chi connectivity index (χ1v) is 9.98. The highest BCUT2D eigenvalue weighted by atomic mass is 35.5. The highest BCUT2D eigenvalue weighted by Crippen LogP contribution is 2.28. The average Bonchev–Trinajstić information content (AvgIpc) is 2.57. The molecule has 3 rings (SSSR count). The summed E-state index contributed by atoms with van der Waals surface area (Å²) < 4.78 is 27.5. The molecule has 1 aromatic rings. The van der Waals surface area contributed by atoms with Crippen LogP contribution in [0.4, 0.5) is 0 Å². The average molecular weight is 372 g/mol. The van der Waals surface area contributed by atoms with E-state index < -0.39 is 10.0 Å². The molecule has 2 heterocycles. The van der Waals surface area contributed by atoms with Crippen LogP contribution in [0.15, 0.2) is 23.1 Å². The number of nitrogens with one attached hydrogen (secondary N) is 1. The van der Waals surface area contributed by atoms with Crippen molar-refractivity contribution in [3.05, 3.63) is 28.8 Å². The molecule has 0 bridgehead atoms. The minimum Gasteiger partial charge on any atom is -0.336 e. The molecule has 1 atom stereocenters. The number of sulfonamides is 1. The van der Waals surface area contributed by atoms with E-state index in [2.05, 4.69) is 5.32 Å². The molecule has 6 nitrogen and oxygen atoms in total. The first-order chi connectivity index (χ1) is 11.4. The largest absolute Gasteiger partial charge is 0.336 e. The molecular formula is C16H22ClN3O3S.